The normalized spacial score (nSPS) is 20.7. The molecule has 1 unspecified atom stereocenters. The van der Waals surface area contributed by atoms with Gasteiger partial charge in [0.2, 0.25) is 0 Å². The Bertz CT molecular complexity index is 784. The average molecular weight is 525 g/mol. The molecule has 2 aromatic rings. The van der Waals surface area contributed by atoms with Gasteiger partial charge in [-0.15, -0.1) is 24.0 Å². The van der Waals surface area contributed by atoms with E-state index in [-0.39, 0.29) is 24.0 Å². The van der Waals surface area contributed by atoms with Crippen molar-refractivity contribution in [3.8, 4) is 11.4 Å². The first-order valence-electron chi connectivity index (χ1n) is 10.5. The minimum atomic E-state index is 0. The lowest BCUT2D eigenvalue weighted by atomic mass is 10.0. The summed E-state index contributed by atoms with van der Waals surface area (Å²) in [5.41, 5.74) is 2.21. The van der Waals surface area contributed by atoms with Crippen LogP contribution in [0.2, 0.25) is 0 Å². The van der Waals surface area contributed by atoms with Crippen molar-refractivity contribution in [2.24, 2.45) is 10.9 Å². The van der Waals surface area contributed by atoms with E-state index in [0.717, 1.165) is 62.4 Å². The van der Waals surface area contributed by atoms with E-state index in [1.807, 2.05) is 19.2 Å². The lowest BCUT2D eigenvalue weighted by Crippen LogP contribution is -2.49. The smallest absolute Gasteiger partial charge is 0.191 e. The van der Waals surface area contributed by atoms with Gasteiger partial charge in [0.05, 0.1) is 6.61 Å². The first-order chi connectivity index (χ1) is 14.3. The molecule has 0 aliphatic carbocycles. The van der Waals surface area contributed by atoms with Crippen LogP contribution in [-0.4, -0.2) is 72.0 Å². The van der Waals surface area contributed by atoms with Gasteiger partial charge in [0.15, 0.2) is 11.8 Å². The number of aromatic nitrogens is 3. The number of likely N-dealkylation sites (tertiary alicyclic amines) is 1. The van der Waals surface area contributed by atoms with Gasteiger partial charge in [-0.2, -0.15) is 5.10 Å². The predicted molar refractivity (Wildman–Crippen MR) is 129 cm³/mol. The van der Waals surface area contributed by atoms with E-state index in [1.54, 1.807) is 0 Å². The highest BCUT2D eigenvalue weighted by atomic mass is 127. The molecule has 164 valence electrons. The summed E-state index contributed by atoms with van der Waals surface area (Å²) < 4.78 is 5.51. The number of nitrogens with zero attached hydrogens (tertiary/aromatic N) is 4. The molecule has 1 aromatic heterocycles. The molecular weight excluding hydrogens is 493 g/mol. The van der Waals surface area contributed by atoms with Crippen molar-refractivity contribution in [3.63, 3.8) is 0 Å². The highest BCUT2D eigenvalue weighted by Gasteiger charge is 2.24. The molecule has 2 saturated heterocycles. The number of benzene rings is 1. The maximum Gasteiger partial charge on any atom is 0.191 e. The number of rotatable bonds is 6. The van der Waals surface area contributed by atoms with Crippen LogP contribution in [-0.2, 0) is 11.3 Å². The summed E-state index contributed by atoms with van der Waals surface area (Å²) in [6.45, 7) is 6.05. The van der Waals surface area contributed by atoms with Gasteiger partial charge in [-0.3, -0.25) is 10.1 Å². The highest BCUT2D eigenvalue weighted by molar-refractivity contribution is 14.0. The van der Waals surface area contributed by atoms with Gasteiger partial charge in [-0.1, -0.05) is 18.2 Å². The SMILES string of the molecule is CN=C(NCc1cccc(-c2ncn[nH]2)c1)NC1CCN(CC2CCOC2)CC1.I. The Labute approximate surface area is 195 Å². The second-order valence-corrected chi connectivity index (χ2v) is 7.91. The van der Waals surface area contributed by atoms with Crippen LogP contribution >= 0.6 is 24.0 Å². The minimum absolute atomic E-state index is 0. The summed E-state index contributed by atoms with van der Waals surface area (Å²) in [4.78, 5) is 11.2. The summed E-state index contributed by atoms with van der Waals surface area (Å²) in [6.07, 6.45) is 5.04. The molecule has 1 aromatic carbocycles. The van der Waals surface area contributed by atoms with Crippen LogP contribution in [0.1, 0.15) is 24.8 Å². The van der Waals surface area contributed by atoms with E-state index in [4.69, 9.17) is 4.74 Å². The van der Waals surface area contributed by atoms with Crippen molar-refractivity contribution < 1.29 is 4.74 Å². The Morgan fingerprint density at radius 2 is 2.17 bits per heavy atom. The molecular formula is C21H32IN7O. The molecule has 0 radical (unpaired) electrons. The molecule has 1 atom stereocenters. The molecule has 9 heteroatoms. The van der Waals surface area contributed by atoms with Crippen LogP contribution < -0.4 is 10.6 Å². The molecule has 2 aliphatic heterocycles. The number of hydrogen-bond acceptors (Lipinski definition) is 5. The van der Waals surface area contributed by atoms with E-state index in [9.17, 15) is 0 Å². The van der Waals surface area contributed by atoms with Crippen LogP contribution in [0.15, 0.2) is 35.6 Å². The van der Waals surface area contributed by atoms with Gasteiger partial charge in [-0.05, 0) is 36.8 Å². The lowest BCUT2D eigenvalue weighted by molar-refractivity contribution is 0.150. The molecule has 8 nitrogen and oxygen atoms in total. The van der Waals surface area contributed by atoms with Crippen LogP contribution in [0.3, 0.4) is 0 Å². The van der Waals surface area contributed by atoms with Crippen molar-refractivity contribution in [3.05, 3.63) is 36.2 Å². The second kappa shape index (κ2) is 11.6. The maximum absolute atomic E-state index is 5.51. The van der Waals surface area contributed by atoms with Crippen molar-refractivity contribution in [1.29, 1.82) is 0 Å². The molecule has 0 amide bonds. The van der Waals surface area contributed by atoms with Crippen molar-refractivity contribution >= 4 is 29.9 Å². The van der Waals surface area contributed by atoms with E-state index < -0.39 is 0 Å². The van der Waals surface area contributed by atoms with Crippen LogP contribution in [0, 0.1) is 5.92 Å². The number of aromatic amines is 1. The van der Waals surface area contributed by atoms with Crippen molar-refractivity contribution in [2.45, 2.75) is 31.8 Å². The predicted octanol–water partition coefficient (Wildman–Crippen LogP) is 2.26. The number of ether oxygens (including phenoxy) is 1. The fourth-order valence-corrected chi connectivity index (χ4v) is 4.10. The quantitative estimate of drug-likeness (QED) is 0.305. The highest BCUT2D eigenvalue weighted by Crippen LogP contribution is 2.18. The molecule has 2 fully saturated rings. The summed E-state index contributed by atoms with van der Waals surface area (Å²) in [5.74, 6) is 2.37. The van der Waals surface area contributed by atoms with Gasteiger partial charge in [-0.25, -0.2) is 4.98 Å². The third kappa shape index (κ3) is 6.39. The molecule has 4 rings (SSSR count). The molecule has 0 saturated carbocycles. The zero-order chi connectivity index (χ0) is 19.9. The van der Waals surface area contributed by atoms with Gasteiger partial charge in [0.25, 0.3) is 0 Å². The van der Waals surface area contributed by atoms with Crippen LogP contribution in [0.5, 0.6) is 0 Å². The van der Waals surface area contributed by atoms with E-state index in [2.05, 4.69) is 47.8 Å². The zero-order valence-corrected chi connectivity index (χ0v) is 19.8. The van der Waals surface area contributed by atoms with Gasteiger partial charge >= 0.3 is 0 Å². The Morgan fingerprint density at radius 3 is 2.87 bits per heavy atom. The third-order valence-electron chi connectivity index (χ3n) is 5.77. The summed E-state index contributed by atoms with van der Waals surface area (Å²) >= 11 is 0. The van der Waals surface area contributed by atoms with E-state index >= 15 is 0 Å². The topological polar surface area (TPSA) is 90.5 Å². The molecule has 0 bridgehead atoms. The molecule has 30 heavy (non-hydrogen) atoms. The van der Waals surface area contributed by atoms with Crippen molar-refractivity contribution in [1.82, 2.24) is 30.7 Å². The standard InChI is InChI=1S/C21H31N7O.HI/c1-22-21(23-12-16-3-2-4-18(11-16)20-24-15-25-27-20)26-19-5-8-28(9-6-19)13-17-7-10-29-14-17;/h2-4,11,15,17,19H,5-10,12-14H2,1H3,(H2,22,23,26)(H,24,25,27);1H. The number of H-pyrrole nitrogens is 1. The first-order valence-corrected chi connectivity index (χ1v) is 10.5. The number of hydrogen-bond donors (Lipinski definition) is 3. The third-order valence-corrected chi connectivity index (χ3v) is 5.77. The Hall–Kier alpha value is -1.72. The Balaban J connectivity index is 0.00000256. The van der Waals surface area contributed by atoms with Crippen molar-refractivity contribution in [2.75, 3.05) is 39.9 Å². The summed E-state index contributed by atoms with van der Waals surface area (Å²) in [5, 5.41) is 13.9. The largest absolute Gasteiger partial charge is 0.381 e. The van der Waals surface area contributed by atoms with Gasteiger partial charge in [0.1, 0.15) is 6.33 Å². The second-order valence-electron chi connectivity index (χ2n) is 7.91. The minimum Gasteiger partial charge on any atom is -0.381 e. The fourth-order valence-electron chi connectivity index (χ4n) is 4.10. The first kappa shape index (κ1) is 23.0. The van der Waals surface area contributed by atoms with E-state index in [1.165, 1.54) is 24.9 Å². The Kier molecular flexibility index (Phi) is 8.88. The number of guanidine groups is 1. The summed E-state index contributed by atoms with van der Waals surface area (Å²) in [7, 11) is 1.83. The lowest BCUT2D eigenvalue weighted by Gasteiger charge is -2.34. The monoisotopic (exact) mass is 525 g/mol. The molecule has 0 spiro atoms. The summed E-state index contributed by atoms with van der Waals surface area (Å²) in [6, 6.07) is 8.76. The molecule has 3 N–H and O–H groups in total. The van der Waals surface area contributed by atoms with Crippen LogP contribution in [0.25, 0.3) is 11.4 Å². The maximum atomic E-state index is 5.51. The molecule has 3 heterocycles. The van der Waals surface area contributed by atoms with E-state index in [0.29, 0.717) is 12.6 Å². The average Bonchev–Trinajstić information content (AvgIpc) is 3.47. The fraction of sp³-hybridized carbons (Fsp3) is 0.571. The van der Waals surface area contributed by atoms with Gasteiger partial charge < -0.3 is 20.3 Å². The van der Waals surface area contributed by atoms with Gasteiger partial charge in [0, 0.05) is 51.4 Å². The zero-order valence-electron chi connectivity index (χ0n) is 17.5. The number of piperidine rings is 1. The number of nitrogens with one attached hydrogen (secondary N) is 3. The number of aliphatic imine (C=N–C) groups is 1. The van der Waals surface area contributed by atoms with Crippen LogP contribution in [0.4, 0.5) is 0 Å². The number of halogens is 1. The molecule has 2 aliphatic rings. The Morgan fingerprint density at radius 1 is 1.30 bits per heavy atom.